The standard InChI is InChI=1S/C23H32N2O7/c1-23(2,3)31-22(30)24-15-7-6-8-16(17(24)12-11-15)18(26)9-4-5-10-21(29)32-25-19(27)13-14-20(25)28/h8,15,17H,4-7,9-14H2,1-3H3. The molecule has 9 heteroatoms. The van der Waals surface area contributed by atoms with Crippen molar-refractivity contribution >= 4 is 29.7 Å². The maximum atomic E-state index is 12.9. The largest absolute Gasteiger partial charge is 0.444 e. The predicted octanol–water partition coefficient (Wildman–Crippen LogP) is 3.21. The Morgan fingerprint density at radius 2 is 1.66 bits per heavy atom. The van der Waals surface area contributed by atoms with Crippen molar-refractivity contribution in [3.05, 3.63) is 11.6 Å². The first kappa shape index (κ1) is 23.9. The minimum absolute atomic E-state index is 0.0128. The lowest BCUT2D eigenvalue weighted by molar-refractivity contribution is -0.197. The second kappa shape index (κ2) is 9.83. The molecule has 9 nitrogen and oxygen atoms in total. The fourth-order valence-corrected chi connectivity index (χ4v) is 4.43. The first-order chi connectivity index (χ1) is 15.1. The Kier molecular flexibility index (Phi) is 7.36. The Bertz CT molecular complexity index is 811. The number of allylic oxidation sites excluding steroid dienone is 1. The zero-order chi connectivity index (χ0) is 23.5. The lowest BCUT2D eigenvalue weighted by atomic mass is 9.94. The smallest absolute Gasteiger partial charge is 0.411 e. The van der Waals surface area contributed by atoms with Gasteiger partial charge in [-0.3, -0.25) is 19.3 Å². The molecule has 0 radical (unpaired) electrons. The molecule has 0 saturated carbocycles. The topological polar surface area (TPSA) is 110 Å². The van der Waals surface area contributed by atoms with E-state index in [0.29, 0.717) is 23.5 Å². The first-order valence-corrected chi connectivity index (χ1v) is 11.4. The Morgan fingerprint density at radius 3 is 2.31 bits per heavy atom. The summed E-state index contributed by atoms with van der Waals surface area (Å²) in [5, 5.41) is 0.533. The molecule has 2 atom stereocenters. The quantitative estimate of drug-likeness (QED) is 0.434. The van der Waals surface area contributed by atoms with Crippen LogP contribution in [-0.2, 0) is 28.8 Å². The number of hydroxylamine groups is 2. The molecule has 3 aliphatic rings. The number of fused-ring (bicyclic) bond motifs is 2. The van der Waals surface area contributed by atoms with Gasteiger partial charge in [0.2, 0.25) is 0 Å². The summed E-state index contributed by atoms with van der Waals surface area (Å²) in [6.45, 7) is 5.48. The molecule has 3 aliphatic heterocycles. The van der Waals surface area contributed by atoms with Crippen LogP contribution in [0.25, 0.3) is 0 Å². The zero-order valence-electron chi connectivity index (χ0n) is 19.1. The Labute approximate surface area is 188 Å². The molecule has 0 spiro atoms. The molecule has 3 heterocycles. The molecule has 2 saturated heterocycles. The van der Waals surface area contributed by atoms with Crippen LogP contribution < -0.4 is 0 Å². The van der Waals surface area contributed by atoms with Gasteiger partial charge in [-0.25, -0.2) is 9.59 Å². The van der Waals surface area contributed by atoms with Gasteiger partial charge in [-0.15, -0.1) is 5.06 Å². The fourth-order valence-electron chi connectivity index (χ4n) is 4.43. The van der Waals surface area contributed by atoms with Crippen LogP contribution in [0, 0.1) is 0 Å². The molecule has 0 aromatic heterocycles. The molecule has 0 aromatic rings. The van der Waals surface area contributed by atoms with Gasteiger partial charge >= 0.3 is 12.1 Å². The number of ketones is 1. The molecule has 0 N–H and O–H groups in total. The van der Waals surface area contributed by atoms with Crippen molar-refractivity contribution in [3.8, 4) is 0 Å². The third kappa shape index (κ3) is 5.75. The maximum Gasteiger partial charge on any atom is 0.411 e. The van der Waals surface area contributed by atoms with Crippen molar-refractivity contribution in [2.75, 3.05) is 0 Å². The highest BCUT2D eigenvalue weighted by Crippen LogP contribution is 2.36. The van der Waals surface area contributed by atoms with Gasteiger partial charge in [0.05, 0.1) is 6.04 Å². The number of imide groups is 1. The summed E-state index contributed by atoms with van der Waals surface area (Å²) in [5.74, 6) is -1.71. The van der Waals surface area contributed by atoms with Crippen molar-refractivity contribution < 1.29 is 33.5 Å². The molecule has 2 unspecified atom stereocenters. The molecule has 3 rings (SSSR count). The summed E-state index contributed by atoms with van der Waals surface area (Å²) in [6.07, 6.45) is 5.96. The SMILES string of the molecule is CC(C)(C)OC(=O)N1C2CCC=C(C(=O)CCCCC(=O)ON3C(=O)CCC3=O)C1CC2. The van der Waals surface area contributed by atoms with E-state index >= 15 is 0 Å². The monoisotopic (exact) mass is 448 g/mol. The molecule has 176 valence electrons. The first-order valence-electron chi connectivity index (χ1n) is 11.4. The van der Waals surface area contributed by atoms with E-state index < -0.39 is 23.4 Å². The second-order valence-electron chi connectivity index (χ2n) is 9.55. The van der Waals surface area contributed by atoms with Crippen molar-refractivity contribution in [2.45, 2.75) is 103 Å². The fraction of sp³-hybridized carbons (Fsp3) is 0.696. The lowest BCUT2D eigenvalue weighted by Gasteiger charge is -2.32. The van der Waals surface area contributed by atoms with Crippen LogP contribution in [0.1, 0.15) is 85.0 Å². The van der Waals surface area contributed by atoms with E-state index in [9.17, 15) is 24.0 Å². The summed E-state index contributed by atoms with van der Waals surface area (Å²) in [7, 11) is 0. The number of amides is 3. The minimum atomic E-state index is -0.663. The maximum absolute atomic E-state index is 12.9. The number of carbonyl (C=O) groups excluding carboxylic acids is 5. The highest BCUT2D eigenvalue weighted by Gasteiger charge is 2.43. The number of carbonyl (C=O) groups is 5. The van der Waals surface area contributed by atoms with E-state index in [1.54, 1.807) is 4.90 Å². The molecule has 0 aromatic carbocycles. The zero-order valence-corrected chi connectivity index (χ0v) is 19.1. The van der Waals surface area contributed by atoms with E-state index in [-0.39, 0.29) is 49.6 Å². The van der Waals surface area contributed by atoms with Crippen molar-refractivity contribution in [3.63, 3.8) is 0 Å². The third-order valence-electron chi connectivity index (χ3n) is 5.89. The minimum Gasteiger partial charge on any atom is -0.444 e. The van der Waals surface area contributed by atoms with Gasteiger partial charge in [-0.05, 0) is 59.3 Å². The number of unbranched alkanes of at least 4 members (excludes halogenated alkanes) is 1. The van der Waals surface area contributed by atoms with Crippen LogP contribution in [0.4, 0.5) is 4.79 Å². The summed E-state index contributed by atoms with van der Waals surface area (Å²) < 4.78 is 5.58. The molecule has 32 heavy (non-hydrogen) atoms. The molecule has 0 aliphatic carbocycles. The normalized spacial score (nSPS) is 23.2. The van der Waals surface area contributed by atoms with Crippen LogP contribution in [0.5, 0.6) is 0 Å². The Hall–Kier alpha value is -2.71. The number of hydrogen-bond acceptors (Lipinski definition) is 7. The van der Waals surface area contributed by atoms with E-state index in [1.807, 2.05) is 26.8 Å². The lowest BCUT2D eigenvalue weighted by Crippen LogP contribution is -2.45. The summed E-state index contributed by atoms with van der Waals surface area (Å²) in [4.78, 5) is 67.2. The molecule has 2 bridgehead atoms. The van der Waals surface area contributed by atoms with Gasteiger partial charge in [0.15, 0.2) is 5.78 Å². The molecule has 2 fully saturated rings. The van der Waals surface area contributed by atoms with Crippen LogP contribution in [0.2, 0.25) is 0 Å². The second-order valence-corrected chi connectivity index (χ2v) is 9.55. The number of ether oxygens (including phenoxy) is 1. The third-order valence-corrected chi connectivity index (χ3v) is 5.89. The van der Waals surface area contributed by atoms with Gasteiger partial charge in [0, 0.05) is 37.3 Å². The summed E-state index contributed by atoms with van der Waals surface area (Å²) >= 11 is 0. The van der Waals surface area contributed by atoms with Crippen LogP contribution in [0.15, 0.2) is 11.6 Å². The molecular formula is C23H32N2O7. The predicted molar refractivity (Wildman–Crippen MR) is 113 cm³/mol. The van der Waals surface area contributed by atoms with Crippen LogP contribution in [0.3, 0.4) is 0 Å². The molecular weight excluding hydrogens is 416 g/mol. The average molecular weight is 449 g/mol. The van der Waals surface area contributed by atoms with E-state index in [4.69, 9.17) is 9.57 Å². The number of hydrogen-bond donors (Lipinski definition) is 0. The average Bonchev–Trinajstić information content (AvgIpc) is 3.17. The summed E-state index contributed by atoms with van der Waals surface area (Å²) in [6, 6.07) is -0.177. The van der Waals surface area contributed by atoms with Crippen molar-refractivity contribution in [2.24, 2.45) is 0 Å². The van der Waals surface area contributed by atoms with Crippen LogP contribution in [-0.4, -0.2) is 57.3 Å². The van der Waals surface area contributed by atoms with E-state index in [2.05, 4.69) is 0 Å². The van der Waals surface area contributed by atoms with Gasteiger partial charge in [0.25, 0.3) is 11.8 Å². The highest BCUT2D eigenvalue weighted by atomic mass is 16.7. The number of Topliss-reactive ketones (excluding diaryl/α,β-unsaturated/α-hetero) is 1. The number of rotatable bonds is 7. The molecule has 3 amide bonds. The van der Waals surface area contributed by atoms with Crippen molar-refractivity contribution in [1.29, 1.82) is 0 Å². The van der Waals surface area contributed by atoms with Gasteiger partial charge in [-0.2, -0.15) is 0 Å². The van der Waals surface area contributed by atoms with Gasteiger partial charge < -0.3 is 9.57 Å². The Balaban J connectivity index is 1.49. The van der Waals surface area contributed by atoms with Crippen LogP contribution >= 0.6 is 0 Å². The van der Waals surface area contributed by atoms with E-state index in [0.717, 1.165) is 25.7 Å². The van der Waals surface area contributed by atoms with Gasteiger partial charge in [0.1, 0.15) is 5.60 Å². The Morgan fingerprint density at radius 1 is 1.00 bits per heavy atom. The highest BCUT2D eigenvalue weighted by molar-refractivity contribution is 6.01. The summed E-state index contributed by atoms with van der Waals surface area (Å²) in [5.41, 5.74) is 0.0574. The van der Waals surface area contributed by atoms with E-state index in [1.165, 1.54) is 0 Å². The number of nitrogens with zero attached hydrogens (tertiary/aromatic N) is 2. The van der Waals surface area contributed by atoms with Gasteiger partial charge in [-0.1, -0.05) is 6.08 Å². The van der Waals surface area contributed by atoms with Crippen molar-refractivity contribution in [1.82, 2.24) is 9.96 Å².